The SMILES string of the molecule is CN=C(NCC(=O)Nc1cccnc1)NCC(C)C. The van der Waals surface area contributed by atoms with Gasteiger partial charge in [0.2, 0.25) is 5.91 Å². The summed E-state index contributed by atoms with van der Waals surface area (Å²) in [5.41, 5.74) is 0.680. The summed E-state index contributed by atoms with van der Waals surface area (Å²) in [6.07, 6.45) is 3.26. The van der Waals surface area contributed by atoms with Crippen LogP contribution in [0.1, 0.15) is 13.8 Å². The molecule has 0 atom stereocenters. The van der Waals surface area contributed by atoms with Crippen LogP contribution in [0.4, 0.5) is 5.69 Å². The average molecular weight is 263 g/mol. The molecule has 0 fully saturated rings. The number of aromatic nitrogens is 1. The standard InChI is InChI=1S/C13H21N5O/c1-10(2)7-16-13(14-3)17-9-12(19)18-11-5-4-6-15-8-11/h4-6,8,10H,7,9H2,1-3H3,(H,18,19)(H2,14,16,17). The van der Waals surface area contributed by atoms with Gasteiger partial charge in [-0.2, -0.15) is 0 Å². The highest BCUT2D eigenvalue weighted by molar-refractivity contribution is 5.94. The summed E-state index contributed by atoms with van der Waals surface area (Å²) >= 11 is 0. The molecule has 0 aromatic carbocycles. The molecule has 0 spiro atoms. The van der Waals surface area contributed by atoms with E-state index in [9.17, 15) is 4.79 Å². The molecule has 1 rings (SSSR count). The van der Waals surface area contributed by atoms with Crippen LogP contribution in [0.2, 0.25) is 0 Å². The quantitative estimate of drug-likeness (QED) is 0.543. The molecule has 1 amide bonds. The van der Waals surface area contributed by atoms with Gasteiger partial charge in [-0.1, -0.05) is 13.8 Å². The second kappa shape index (κ2) is 8.07. The fourth-order valence-electron chi connectivity index (χ4n) is 1.33. The van der Waals surface area contributed by atoms with Crippen molar-refractivity contribution in [1.82, 2.24) is 15.6 Å². The monoisotopic (exact) mass is 263 g/mol. The minimum atomic E-state index is -0.138. The van der Waals surface area contributed by atoms with E-state index in [0.29, 0.717) is 17.6 Å². The van der Waals surface area contributed by atoms with Crippen LogP contribution in [0.25, 0.3) is 0 Å². The summed E-state index contributed by atoms with van der Waals surface area (Å²) in [6.45, 7) is 5.18. The zero-order chi connectivity index (χ0) is 14.1. The number of rotatable bonds is 5. The third kappa shape index (κ3) is 6.40. The molecule has 6 heteroatoms. The van der Waals surface area contributed by atoms with Gasteiger partial charge in [-0.05, 0) is 18.1 Å². The van der Waals surface area contributed by atoms with Crippen LogP contribution in [0.15, 0.2) is 29.5 Å². The van der Waals surface area contributed by atoms with E-state index in [4.69, 9.17) is 0 Å². The number of nitrogens with one attached hydrogen (secondary N) is 3. The molecule has 0 aliphatic heterocycles. The molecule has 0 bridgehead atoms. The highest BCUT2D eigenvalue weighted by Gasteiger charge is 2.04. The van der Waals surface area contributed by atoms with Gasteiger partial charge in [-0.3, -0.25) is 14.8 Å². The van der Waals surface area contributed by atoms with Crippen molar-refractivity contribution in [1.29, 1.82) is 0 Å². The highest BCUT2D eigenvalue weighted by Crippen LogP contribution is 2.01. The van der Waals surface area contributed by atoms with Gasteiger partial charge in [-0.15, -0.1) is 0 Å². The summed E-state index contributed by atoms with van der Waals surface area (Å²) in [6, 6.07) is 3.56. The first kappa shape index (κ1) is 14.9. The predicted molar refractivity (Wildman–Crippen MR) is 77.1 cm³/mol. The lowest BCUT2D eigenvalue weighted by atomic mass is 10.2. The Morgan fingerprint density at radius 1 is 1.42 bits per heavy atom. The smallest absolute Gasteiger partial charge is 0.243 e. The Kier molecular flexibility index (Phi) is 6.35. The average Bonchev–Trinajstić information content (AvgIpc) is 2.39. The van der Waals surface area contributed by atoms with E-state index in [2.05, 4.69) is 39.8 Å². The largest absolute Gasteiger partial charge is 0.356 e. The molecule has 0 radical (unpaired) electrons. The third-order valence-electron chi connectivity index (χ3n) is 2.26. The number of nitrogens with zero attached hydrogens (tertiary/aromatic N) is 2. The zero-order valence-electron chi connectivity index (χ0n) is 11.6. The Balaban J connectivity index is 2.33. The van der Waals surface area contributed by atoms with Gasteiger partial charge in [0.25, 0.3) is 0 Å². The van der Waals surface area contributed by atoms with Crippen molar-refractivity contribution in [2.45, 2.75) is 13.8 Å². The Hall–Kier alpha value is -2.11. The number of pyridine rings is 1. The van der Waals surface area contributed by atoms with Crippen LogP contribution in [0, 0.1) is 5.92 Å². The molecule has 1 heterocycles. The topological polar surface area (TPSA) is 78.4 Å². The van der Waals surface area contributed by atoms with Crippen molar-refractivity contribution in [3.05, 3.63) is 24.5 Å². The maximum absolute atomic E-state index is 11.7. The first-order valence-corrected chi connectivity index (χ1v) is 6.26. The maximum Gasteiger partial charge on any atom is 0.243 e. The second-order valence-electron chi connectivity index (χ2n) is 4.49. The van der Waals surface area contributed by atoms with Crippen molar-refractivity contribution >= 4 is 17.6 Å². The lowest BCUT2D eigenvalue weighted by Gasteiger charge is -2.13. The Morgan fingerprint density at radius 3 is 2.79 bits per heavy atom. The van der Waals surface area contributed by atoms with Crippen LogP contribution in [0.5, 0.6) is 0 Å². The number of carbonyl (C=O) groups is 1. The first-order valence-electron chi connectivity index (χ1n) is 6.26. The van der Waals surface area contributed by atoms with Gasteiger partial charge in [0.05, 0.1) is 18.4 Å². The number of carbonyl (C=O) groups excluding carboxylic acids is 1. The molecule has 0 saturated heterocycles. The molecular weight excluding hydrogens is 242 g/mol. The van der Waals surface area contributed by atoms with Gasteiger partial charge in [0.15, 0.2) is 5.96 Å². The number of guanidine groups is 1. The second-order valence-corrected chi connectivity index (χ2v) is 4.49. The summed E-state index contributed by atoms with van der Waals surface area (Å²) < 4.78 is 0. The molecular formula is C13H21N5O. The summed E-state index contributed by atoms with van der Waals surface area (Å²) in [5.74, 6) is 0.998. The summed E-state index contributed by atoms with van der Waals surface area (Å²) in [4.78, 5) is 19.7. The predicted octanol–water partition coefficient (Wildman–Crippen LogP) is 0.841. The minimum absolute atomic E-state index is 0.138. The van der Waals surface area contributed by atoms with Crippen molar-refractivity contribution < 1.29 is 4.79 Å². The molecule has 104 valence electrons. The normalized spacial score (nSPS) is 11.3. The van der Waals surface area contributed by atoms with E-state index in [1.165, 1.54) is 0 Å². The van der Waals surface area contributed by atoms with Crippen LogP contribution in [-0.2, 0) is 4.79 Å². The van der Waals surface area contributed by atoms with E-state index in [1.54, 1.807) is 31.6 Å². The van der Waals surface area contributed by atoms with Crippen LogP contribution in [0.3, 0.4) is 0 Å². The Bertz CT molecular complexity index is 416. The maximum atomic E-state index is 11.7. The summed E-state index contributed by atoms with van der Waals surface area (Å²) in [5, 5.41) is 8.83. The molecule has 0 aliphatic rings. The van der Waals surface area contributed by atoms with Crippen LogP contribution < -0.4 is 16.0 Å². The van der Waals surface area contributed by atoms with E-state index in [0.717, 1.165) is 6.54 Å². The van der Waals surface area contributed by atoms with Gasteiger partial charge >= 0.3 is 0 Å². The molecule has 3 N–H and O–H groups in total. The molecule has 1 aromatic heterocycles. The van der Waals surface area contributed by atoms with Crippen molar-refractivity contribution in [3.8, 4) is 0 Å². The Morgan fingerprint density at radius 2 is 2.21 bits per heavy atom. The fourth-order valence-corrected chi connectivity index (χ4v) is 1.33. The van der Waals surface area contributed by atoms with E-state index in [-0.39, 0.29) is 12.5 Å². The molecule has 0 aliphatic carbocycles. The van der Waals surface area contributed by atoms with Crippen LogP contribution in [-0.4, -0.2) is 37.0 Å². The number of aliphatic imine (C=N–C) groups is 1. The van der Waals surface area contributed by atoms with Crippen molar-refractivity contribution in [3.63, 3.8) is 0 Å². The molecule has 6 nitrogen and oxygen atoms in total. The molecule has 0 saturated carbocycles. The van der Waals surface area contributed by atoms with Gasteiger partial charge < -0.3 is 16.0 Å². The van der Waals surface area contributed by atoms with Gasteiger partial charge in [-0.25, -0.2) is 0 Å². The van der Waals surface area contributed by atoms with Crippen molar-refractivity contribution in [2.24, 2.45) is 10.9 Å². The van der Waals surface area contributed by atoms with Crippen molar-refractivity contribution in [2.75, 3.05) is 25.5 Å². The van der Waals surface area contributed by atoms with E-state index >= 15 is 0 Å². The molecule has 1 aromatic rings. The summed E-state index contributed by atoms with van der Waals surface area (Å²) in [7, 11) is 1.68. The molecule has 19 heavy (non-hydrogen) atoms. The number of hydrogen-bond acceptors (Lipinski definition) is 3. The van der Waals surface area contributed by atoms with Gasteiger partial charge in [0, 0.05) is 19.8 Å². The number of hydrogen-bond donors (Lipinski definition) is 3. The number of anilines is 1. The van der Waals surface area contributed by atoms with E-state index in [1.807, 2.05) is 0 Å². The lowest BCUT2D eigenvalue weighted by Crippen LogP contribution is -2.42. The first-order chi connectivity index (χ1) is 9.11. The van der Waals surface area contributed by atoms with Gasteiger partial charge in [0.1, 0.15) is 0 Å². The highest BCUT2D eigenvalue weighted by atomic mass is 16.1. The lowest BCUT2D eigenvalue weighted by molar-refractivity contribution is -0.115. The molecule has 0 unspecified atom stereocenters. The van der Waals surface area contributed by atoms with E-state index < -0.39 is 0 Å². The third-order valence-corrected chi connectivity index (χ3v) is 2.26. The zero-order valence-corrected chi connectivity index (χ0v) is 11.6. The number of amides is 1. The minimum Gasteiger partial charge on any atom is -0.356 e. The Labute approximate surface area is 113 Å². The fraction of sp³-hybridized carbons (Fsp3) is 0.462. The van der Waals surface area contributed by atoms with Crippen LogP contribution >= 0.6 is 0 Å².